The van der Waals surface area contributed by atoms with E-state index in [1.165, 1.54) is 10.5 Å². The van der Waals surface area contributed by atoms with Crippen LogP contribution in [0, 0.1) is 13.8 Å². The predicted octanol–water partition coefficient (Wildman–Crippen LogP) is 5.05. The van der Waals surface area contributed by atoms with Gasteiger partial charge in [-0.1, -0.05) is 54.1 Å². The number of hydrogen-bond donors (Lipinski definition) is 0. The van der Waals surface area contributed by atoms with Gasteiger partial charge in [0.15, 0.2) is 0 Å². The fourth-order valence-corrected chi connectivity index (χ4v) is 4.90. The lowest BCUT2D eigenvalue weighted by Crippen LogP contribution is -2.37. The molecule has 0 spiro atoms. The Balaban J connectivity index is 1.74. The third-order valence-electron chi connectivity index (χ3n) is 6.42. The van der Waals surface area contributed by atoms with E-state index in [2.05, 4.69) is 6.07 Å². The van der Waals surface area contributed by atoms with E-state index in [1.54, 1.807) is 19.2 Å². The number of fused-ring (bicyclic) bond motifs is 1. The van der Waals surface area contributed by atoms with Gasteiger partial charge < -0.3 is 9.64 Å². The molecule has 0 saturated carbocycles. The van der Waals surface area contributed by atoms with Gasteiger partial charge in [0.05, 0.1) is 18.4 Å². The number of amides is 2. The van der Waals surface area contributed by atoms with Crippen molar-refractivity contribution in [2.75, 3.05) is 23.5 Å². The number of anilines is 2. The van der Waals surface area contributed by atoms with E-state index in [1.807, 2.05) is 67.3 Å². The molecule has 33 heavy (non-hydrogen) atoms. The molecule has 3 aromatic rings. The molecule has 0 atom stereocenters. The molecular formula is C28H26N2O3. The number of imide groups is 1. The minimum atomic E-state index is -0.325. The highest BCUT2D eigenvalue weighted by Crippen LogP contribution is 2.42. The maximum atomic E-state index is 14.0. The van der Waals surface area contributed by atoms with Crippen LogP contribution in [0.3, 0.4) is 0 Å². The van der Waals surface area contributed by atoms with Gasteiger partial charge in [-0.05, 0) is 61.6 Å². The molecule has 0 N–H and O–H groups in total. The number of carbonyl (C=O) groups excluding carboxylic acids is 2. The zero-order chi connectivity index (χ0) is 23.1. The molecule has 166 valence electrons. The van der Waals surface area contributed by atoms with Crippen molar-refractivity contribution in [2.45, 2.75) is 26.7 Å². The van der Waals surface area contributed by atoms with E-state index in [9.17, 15) is 9.59 Å². The van der Waals surface area contributed by atoms with Crippen LogP contribution in [0.5, 0.6) is 5.75 Å². The number of ether oxygens (including phenoxy) is 1. The van der Waals surface area contributed by atoms with Gasteiger partial charge in [-0.25, -0.2) is 4.90 Å². The Kier molecular flexibility index (Phi) is 5.25. The van der Waals surface area contributed by atoms with Crippen molar-refractivity contribution in [1.82, 2.24) is 0 Å². The Hall–Kier alpha value is -3.86. The second-order valence-electron chi connectivity index (χ2n) is 8.54. The molecule has 0 unspecified atom stereocenters. The second kappa shape index (κ2) is 8.24. The molecule has 2 aliphatic heterocycles. The number of methoxy groups -OCH3 is 1. The number of nitrogens with zero attached hydrogens (tertiary/aromatic N) is 2. The van der Waals surface area contributed by atoms with Crippen molar-refractivity contribution in [3.63, 3.8) is 0 Å². The molecular weight excluding hydrogens is 412 g/mol. The SMILES string of the molecule is COc1ccccc1N1C(=O)C(c2ccc(C)cc2C)=C(N2CCCc3ccccc32)C1=O. The number of carbonyl (C=O) groups is 2. The molecule has 3 aromatic carbocycles. The number of aryl methyl sites for hydroxylation is 3. The van der Waals surface area contributed by atoms with E-state index in [-0.39, 0.29) is 11.8 Å². The molecule has 2 amide bonds. The molecule has 0 aromatic heterocycles. The van der Waals surface area contributed by atoms with Crippen LogP contribution in [0.1, 0.15) is 28.7 Å². The van der Waals surface area contributed by atoms with Gasteiger partial charge >= 0.3 is 0 Å². The Labute approximate surface area is 193 Å². The number of rotatable bonds is 4. The molecule has 5 rings (SSSR count). The molecule has 0 bridgehead atoms. The summed E-state index contributed by atoms with van der Waals surface area (Å²) >= 11 is 0. The van der Waals surface area contributed by atoms with Crippen LogP contribution in [0.4, 0.5) is 11.4 Å². The zero-order valence-electron chi connectivity index (χ0n) is 19.1. The van der Waals surface area contributed by atoms with Crippen LogP contribution in [0.25, 0.3) is 5.57 Å². The fraction of sp³-hybridized carbons (Fsp3) is 0.214. The standard InChI is InChI=1S/C28H26N2O3/c1-18-14-15-21(19(2)17-18)25-26(29-16-8-10-20-9-4-5-11-22(20)29)28(32)30(27(25)31)23-12-6-7-13-24(23)33-3/h4-7,9,11-15,17H,8,10,16H2,1-3H3. The zero-order valence-corrected chi connectivity index (χ0v) is 19.1. The normalized spacial score (nSPS) is 15.8. The maximum Gasteiger partial charge on any atom is 0.282 e. The first-order valence-electron chi connectivity index (χ1n) is 11.2. The topological polar surface area (TPSA) is 49.9 Å². The van der Waals surface area contributed by atoms with E-state index < -0.39 is 0 Å². The summed E-state index contributed by atoms with van der Waals surface area (Å²) in [5.74, 6) is -0.162. The van der Waals surface area contributed by atoms with E-state index in [0.717, 1.165) is 35.2 Å². The van der Waals surface area contributed by atoms with Crippen LogP contribution in [-0.2, 0) is 16.0 Å². The van der Waals surface area contributed by atoms with Gasteiger partial charge in [0.25, 0.3) is 11.8 Å². The monoisotopic (exact) mass is 438 g/mol. The lowest BCUT2D eigenvalue weighted by Gasteiger charge is -2.32. The smallest absolute Gasteiger partial charge is 0.282 e. The first-order valence-corrected chi connectivity index (χ1v) is 11.2. The van der Waals surface area contributed by atoms with Crippen molar-refractivity contribution in [2.24, 2.45) is 0 Å². The average molecular weight is 439 g/mol. The lowest BCUT2D eigenvalue weighted by atomic mass is 9.95. The lowest BCUT2D eigenvalue weighted by molar-refractivity contribution is -0.120. The van der Waals surface area contributed by atoms with Gasteiger partial charge in [-0.2, -0.15) is 0 Å². The van der Waals surface area contributed by atoms with E-state index in [0.29, 0.717) is 29.3 Å². The van der Waals surface area contributed by atoms with Crippen LogP contribution < -0.4 is 14.5 Å². The molecule has 2 aliphatic rings. The molecule has 2 heterocycles. The Morgan fingerprint density at radius 2 is 1.58 bits per heavy atom. The summed E-state index contributed by atoms with van der Waals surface area (Å²) in [4.78, 5) is 31.3. The van der Waals surface area contributed by atoms with Gasteiger partial charge in [-0.3, -0.25) is 9.59 Å². The summed E-state index contributed by atoms with van der Waals surface area (Å²) < 4.78 is 5.49. The molecule has 0 saturated heterocycles. The quantitative estimate of drug-likeness (QED) is 0.535. The van der Waals surface area contributed by atoms with Crippen molar-refractivity contribution in [3.8, 4) is 5.75 Å². The van der Waals surface area contributed by atoms with Crippen molar-refractivity contribution in [1.29, 1.82) is 0 Å². The average Bonchev–Trinajstić information content (AvgIpc) is 3.08. The van der Waals surface area contributed by atoms with Crippen LogP contribution in [0.2, 0.25) is 0 Å². The fourth-order valence-electron chi connectivity index (χ4n) is 4.90. The van der Waals surface area contributed by atoms with Crippen molar-refractivity contribution in [3.05, 3.63) is 94.7 Å². The van der Waals surface area contributed by atoms with Crippen molar-refractivity contribution < 1.29 is 14.3 Å². The Morgan fingerprint density at radius 3 is 2.33 bits per heavy atom. The minimum Gasteiger partial charge on any atom is -0.495 e. The highest BCUT2D eigenvalue weighted by molar-refractivity contribution is 6.46. The summed E-state index contributed by atoms with van der Waals surface area (Å²) in [5, 5.41) is 0. The van der Waals surface area contributed by atoms with E-state index >= 15 is 0 Å². The molecule has 5 nitrogen and oxygen atoms in total. The highest BCUT2D eigenvalue weighted by atomic mass is 16.5. The predicted molar refractivity (Wildman–Crippen MR) is 130 cm³/mol. The van der Waals surface area contributed by atoms with Crippen molar-refractivity contribution >= 4 is 28.8 Å². The van der Waals surface area contributed by atoms with Crippen LogP contribution in [-0.4, -0.2) is 25.5 Å². The molecule has 0 aliphatic carbocycles. The van der Waals surface area contributed by atoms with Crippen LogP contribution >= 0.6 is 0 Å². The highest BCUT2D eigenvalue weighted by Gasteiger charge is 2.44. The third-order valence-corrected chi connectivity index (χ3v) is 6.42. The molecule has 0 radical (unpaired) electrons. The first kappa shape index (κ1) is 21.0. The summed E-state index contributed by atoms with van der Waals surface area (Å²) in [5.41, 5.74) is 6.38. The Bertz CT molecular complexity index is 1310. The van der Waals surface area contributed by atoms with Gasteiger partial charge in [0, 0.05) is 12.2 Å². The Morgan fingerprint density at radius 1 is 0.848 bits per heavy atom. The maximum absolute atomic E-state index is 14.0. The summed E-state index contributed by atoms with van der Waals surface area (Å²) in [6, 6.07) is 21.3. The third kappa shape index (κ3) is 3.41. The minimum absolute atomic E-state index is 0.323. The summed E-state index contributed by atoms with van der Waals surface area (Å²) in [6.07, 6.45) is 1.87. The summed E-state index contributed by atoms with van der Waals surface area (Å²) in [7, 11) is 1.55. The first-order chi connectivity index (χ1) is 16.0. The number of para-hydroxylation sites is 3. The largest absolute Gasteiger partial charge is 0.495 e. The number of benzene rings is 3. The van der Waals surface area contributed by atoms with Gasteiger partial charge in [-0.15, -0.1) is 0 Å². The van der Waals surface area contributed by atoms with Crippen LogP contribution in [0.15, 0.2) is 72.4 Å². The van der Waals surface area contributed by atoms with Gasteiger partial charge in [0.2, 0.25) is 0 Å². The summed E-state index contributed by atoms with van der Waals surface area (Å²) in [6.45, 7) is 4.69. The number of hydrogen-bond acceptors (Lipinski definition) is 4. The second-order valence-corrected chi connectivity index (χ2v) is 8.54. The van der Waals surface area contributed by atoms with Gasteiger partial charge in [0.1, 0.15) is 11.4 Å². The molecule has 0 fully saturated rings. The van der Waals surface area contributed by atoms with E-state index in [4.69, 9.17) is 4.74 Å². The molecule has 5 heteroatoms.